The van der Waals surface area contributed by atoms with Gasteiger partial charge < -0.3 is 5.32 Å². The number of nitrogens with one attached hydrogen (secondary N) is 2. The van der Waals surface area contributed by atoms with E-state index in [1.54, 1.807) is 0 Å². The number of anilines is 1. The SMILES string of the molecule is O=C(CCNS(=O)(=O)c1ccc(F)cc1)Nc1ccc([N+](=O)[O-])cc1Cl. The zero-order chi connectivity index (χ0) is 19.3. The molecule has 0 saturated heterocycles. The molecule has 0 heterocycles. The summed E-state index contributed by atoms with van der Waals surface area (Å²) in [4.78, 5) is 21.7. The van der Waals surface area contributed by atoms with Gasteiger partial charge in [-0.15, -0.1) is 0 Å². The molecule has 138 valence electrons. The molecule has 0 atom stereocenters. The minimum atomic E-state index is -3.87. The topological polar surface area (TPSA) is 118 Å². The maximum Gasteiger partial charge on any atom is 0.271 e. The predicted molar refractivity (Wildman–Crippen MR) is 92.9 cm³/mol. The molecular formula is C15H13ClFN3O5S. The van der Waals surface area contributed by atoms with E-state index < -0.39 is 26.7 Å². The number of rotatable bonds is 7. The summed E-state index contributed by atoms with van der Waals surface area (Å²) in [5, 5.41) is 13.0. The lowest BCUT2D eigenvalue weighted by molar-refractivity contribution is -0.384. The van der Waals surface area contributed by atoms with Gasteiger partial charge in [0, 0.05) is 25.1 Å². The number of sulfonamides is 1. The van der Waals surface area contributed by atoms with E-state index >= 15 is 0 Å². The second-order valence-corrected chi connectivity index (χ2v) is 7.25. The number of nitro benzene ring substituents is 1. The molecule has 11 heteroatoms. The number of benzene rings is 2. The van der Waals surface area contributed by atoms with E-state index in [1.807, 2.05) is 0 Å². The maximum atomic E-state index is 12.8. The number of nitrogens with zero attached hydrogens (tertiary/aromatic N) is 1. The Balaban J connectivity index is 1.91. The highest BCUT2D eigenvalue weighted by molar-refractivity contribution is 7.89. The van der Waals surface area contributed by atoms with Crippen LogP contribution in [0, 0.1) is 15.9 Å². The Hall–Kier alpha value is -2.56. The molecule has 2 rings (SSSR count). The first kappa shape index (κ1) is 19.8. The lowest BCUT2D eigenvalue weighted by Crippen LogP contribution is -2.27. The largest absolute Gasteiger partial charge is 0.325 e. The van der Waals surface area contributed by atoms with Crippen molar-refractivity contribution in [2.75, 3.05) is 11.9 Å². The number of carbonyl (C=O) groups is 1. The van der Waals surface area contributed by atoms with Gasteiger partial charge >= 0.3 is 0 Å². The minimum absolute atomic E-state index is 0.0144. The van der Waals surface area contributed by atoms with Crippen LogP contribution in [-0.4, -0.2) is 25.8 Å². The van der Waals surface area contributed by atoms with E-state index in [9.17, 15) is 27.7 Å². The summed E-state index contributed by atoms with van der Waals surface area (Å²) in [5.74, 6) is -1.11. The van der Waals surface area contributed by atoms with Gasteiger partial charge in [-0.05, 0) is 30.3 Å². The van der Waals surface area contributed by atoms with Crippen LogP contribution in [0.4, 0.5) is 15.8 Å². The van der Waals surface area contributed by atoms with Gasteiger partial charge in [0.25, 0.3) is 5.69 Å². The van der Waals surface area contributed by atoms with Gasteiger partial charge in [-0.2, -0.15) is 0 Å². The zero-order valence-corrected chi connectivity index (χ0v) is 14.7. The van der Waals surface area contributed by atoms with Gasteiger partial charge in [0.1, 0.15) is 5.82 Å². The third-order valence-corrected chi connectivity index (χ3v) is 5.00. The number of hydrogen-bond acceptors (Lipinski definition) is 5. The van der Waals surface area contributed by atoms with Crippen molar-refractivity contribution in [3.8, 4) is 0 Å². The Labute approximate surface area is 153 Å². The summed E-state index contributed by atoms with van der Waals surface area (Å²) in [7, 11) is -3.87. The lowest BCUT2D eigenvalue weighted by Gasteiger charge is -2.09. The summed E-state index contributed by atoms with van der Waals surface area (Å²) in [5.41, 5.74) is -0.0521. The Morgan fingerprint density at radius 3 is 2.42 bits per heavy atom. The molecule has 0 spiro atoms. The average molecular weight is 402 g/mol. The quantitative estimate of drug-likeness (QED) is 0.546. The Bertz CT molecular complexity index is 935. The van der Waals surface area contributed by atoms with E-state index in [1.165, 1.54) is 12.1 Å². The Kier molecular flexibility index (Phi) is 6.24. The van der Waals surface area contributed by atoms with Gasteiger partial charge in [0.2, 0.25) is 15.9 Å². The summed E-state index contributed by atoms with van der Waals surface area (Å²) in [6.45, 7) is -0.198. The molecule has 2 N–H and O–H groups in total. The molecule has 8 nitrogen and oxygen atoms in total. The van der Waals surface area contributed by atoms with Crippen LogP contribution in [0.25, 0.3) is 0 Å². The van der Waals surface area contributed by atoms with Crippen LogP contribution in [0.1, 0.15) is 6.42 Å². The molecule has 2 aromatic carbocycles. The number of hydrogen-bond donors (Lipinski definition) is 2. The molecule has 1 amide bonds. The highest BCUT2D eigenvalue weighted by Crippen LogP contribution is 2.26. The van der Waals surface area contributed by atoms with Crippen molar-refractivity contribution >= 4 is 38.9 Å². The zero-order valence-electron chi connectivity index (χ0n) is 13.1. The number of carbonyl (C=O) groups excluding carboxylic acids is 1. The first-order valence-electron chi connectivity index (χ1n) is 7.18. The Morgan fingerprint density at radius 2 is 1.85 bits per heavy atom. The normalized spacial score (nSPS) is 11.2. The highest BCUT2D eigenvalue weighted by atomic mass is 35.5. The lowest BCUT2D eigenvalue weighted by atomic mass is 10.2. The van der Waals surface area contributed by atoms with Crippen LogP contribution in [0.3, 0.4) is 0 Å². The number of amides is 1. The molecular weight excluding hydrogens is 389 g/mol. The van der Waals surface area contributed by atoms with Crippen molar-refractivity contribution in [1.82, 2.24) is 4.72 Å². The van der Waals surface area contributed by atoms with Gasteiger partial charge in [0.05, 0.1) is 20.5 Å². The molecule has 2 aromatic rings. The van der Waals surface area contributed by atoms with Crippen molar-refractivity contribution in [3.63, 3.8) is 0 Å². The molecule has 0 aliphatic heterocycles. The number of nitro groups is 1. The monoisotopic (exact) mass is 401 g/mol. The van der Waals surface area contributed by atoms with Gasteiger partial charge in [-0.3, -0.25) is 14.9 Å². The molecule has 0 saturated carbocycles. The van der Waals surface area contributed by atoms with E-state index in [4.69, 9.17) is 11.6 Å². The third kappa shape index (κ3) is 5.22. The fourth-order valence-electron chi connectivity index (χ4n) is 1.93. The second kappa shape index (κ2) is 8.21. The average Bonchev–Trinajstić information content (AvgIpc) is 2.56. The van der Waals surface area contributed by atoms with E-state index in [0.29, 0.717) is 0 Å². The number of non-ortho nitro benzene ring substituents is 1. The van der Waals surface area contributed by atoms with Gasteiger partial charge in [0.15, 0.2) is 0 Å². The van der Waals surface area contributed by atoms with Gasteiger partial charge in [-0.1, -0.05) is 11.6 Å². The Morgan fingerprint density at radius 1 is 1.19 bits per heavy atom. The van der Waals surface area contributed by atoms with Crippen molar-refractivity contribution in [2.24, 2.45) is 0 Å². The summed E-state index contributed by atoms with van der Waals surface area (Å²) < 4.78 is 39.0. The fraction of sp³-hybridized carbons (Fsp3) is 0.133. The van der Waals surface area contributed by atoms with Crippen molar-refractivity contribution < 1.29 is 22.5 Å². The maximum absolute atomic E-state index is 12.8. The van der Waals surface area contributed by atoms with Crippen LogP contribution in [-0.2, 0) is 14.8 Å². The molecule has 0 unspecified atom stereocenters. The standard InChI is InChI=1S/C15H13ClFN3O5S/c16-13-9-11(20(22)23)3-6-14(13)19-15(21)7-8-18-26(24,25)12-4-1-10(17)2-5-12/h1-6,9,18H,7-8H2,(H,19,21). The van der Waals surface area contributed by atoms with Crippen LogP contribution >= 0.6 is 11.6 Å². The summed E-state index contributed by atoms with van der Waals surface area (Å²) >= 11 is 5.86. The molecule has 0 bridgehead atoms. The van der Waals surface area contributed by atoms with Crippen molar-refractivity contribution in [3.05, 3.63) is 63.4 Å². The smallest absolute Gasteiger partial charge is 0.271 e. The van der Waals surface area contributed by atoms with Crippen LogP contribution in [0.2, 0.25) is 5.02 Å². The fourth-order valence-corrected chi connectivity index (χ4v) is 3.18. The van der Waals surface area contributed by atoms with Crippen molar-refractivity contribution in [1.29, 1.82) is 0 Å². The van der Waals surface area contributed by atoms with Crippen LogP contribution in [0.15, 0.2) is 47.4 Å². The predicted octanol–water partition coefficient (Wildman–Crippen LogP) is 2.69. The van der Waals surface area contributed by atoms with E-state index in [2.05, 4.69) is 10.0 Å². The van der Waals surface area contributed by atoms with Crippen LogP contribution in [0.5, 0.6) is 0 Å². The van der Waals surface area contributed by atoms with Crippen molar-refractivity contribution in [2.45, 2.75) is 11.3 Å². The molecule has 26 heavy (non-hydrogen) atoms. The first-order valence-corrected chi connectivity index (χ1v) is 9.04. The highest BCUT2D eigenvalue weighted by Gasteiger charge is 2.15. The molecule has 0 aliphatic rings. The van der Waals surface area contributed by atoms with E-state index in [-0.39, 0.29) is 34.3 Å². The van der Waals surface area contributed by atoms with Crippen LogP contribution < -0.4 is 10.0 Å². The summed E-state index contributed by atoms with van der Waals surface area (Å²) in [6, 6.07) is 7.78. The molecule has 0 fully saturated rings. The minimum Gasteiger partial charge on any atom is -0.325 e. The summed E-state index contributed by atoms with van der Waals surface area (Å²) in [6.07, 6.45) is -0.201. The second-order valence-electron chi connectivity index (χ2n) is 5.07. The molecule has 0 radical (unpaired) electrons. The molecule has 0 aliphatic carbocycles. The third-order valence-electron chi connectivity index (χ3n) is 3.21. The molecule has 0 aromatic heterocycles. The van der Waals surface area contributed by atoms with E-state index in [0.717, 1.165) is 30.3 Å². The first-order chi connectivity index (χ1) is 12.2. The number of halogens is 2. The van der Waals surface area contributed by atoms with Gasteiger partial charge in [-0.25, -0.2) is 17.5 Å².